The number of rotatable bonds is 6. The number of H-pyrrole nitrogens is 1. The molecule has 1 amide bonds. The molecule has 1 atom stereocenters. The van der Waals surface area contributed by atoms with E-state index in [-0.39, 0.29) is 23.7 Å². The number of carbonyl (C=O) groups is 2. The SMILES string of the molecule is CCC(=O)C1=C(O)C(=O)N(c2nc3ccc(C)cc3[nH]2)C1c1ccc(OC)c(OC)c1. The molecule has 160 valence electrons. The van der Waals surface area contributed by atoms with E-state index in [9.17, 15) is 14.7 Å². The number of Topliss-reactive ketones (excluding diaryl/α,β-unsaturated/α-hetero) is 1. The number of ketones is 1. The molecule has 8 heteroatoms. The molecule has 0 spiro atoms. The maximum Gasteiger partial charge on any atom is 0.296 e. The number of methoxy groups -OCH3 is 2. The number of nitrogens with zero attached hydrogens (tertiary/aromatic N) is 2. The number of carbonyl (C=O) groups excluding carboxylic acids is 2. The van der Waals surface area contributed by atoms with Crippen LogP contribution in [0.2, 0.25) is 0 Å². The van der Waals surface area contributed by atoms with Gasteiger partial charge in [-0.05, 0) is 42.3 Å². The van der Waals surface area contributed by atoms with Crippen molar-refractivity contribution >= 4 is 28.7 Å². The van der Waals surface area contributed by atoms with Crippen molar-refractivity contribution in [2.45, 2.75) is 26.3 Å². The minimum absolute atomic E-state index is 0.0383. The van der Waals surface area contributed by atoms with E-state index < -0.39 is 17.7 Å². The van der Waals surface area contributed by atoms with E-state index in [1.54, 1.807) is 25.1 Å². The van der Waals surface area contributed by atoms with Crippen LogP contribution in [-0.4, -0.2) is 41.0 Å². The van der Waals surface area contributed by atoms with Crippen molar-refractivity contribution < 1.29 is 24.2 Å². The minimum atomic E-state index is -0.860. The van der Waals surface area contributed by atoms with Gasteiger partial charge in [-0.1, -0.05) is 19.1 Å². The lowest BCUT2D eigenvalue weighted by molar-refractivity contribution is -0.118. The highest BCUT2D eigenvalue weighted by atomic mass is 16.5. The van der Waals surface area contributed by atoms with Crippen LogP contribution in [-0.2, 0) is 9.59 Å². The third-order valence-electron chi connectivity index (χ3n) is 5.41. The fourth-order valence-electron chi connectivity index (χ4n) is 3.86. The maximum absolute atomic E-state index is 13.1. The number of aliphatic hydroxyl groups excluding tert-OH is 1. The number of fused-ring (bicyclic) bond motifs is 1. The van der Waals surface area contributed by atoms with Crippen molar-refractivity contribution in [3.8, 4) is 11.5 Å². The minimum Gasteiger partial charge on any atom is -0.503 e. The first-order valence-electron chi connectivity index (χ1n) is 9.87. The molecule has 0 bridgehead atoms. The number of imidazole rings is 1. The molecule has 0 saturated carbocycles. The number of benzene rings is 2. The van der Waals surface area contributed by atoms with Crippen LogP contribution in [0.4, 0.5) is 5.95 Å². The zero-order valence-corrected chi connectivity index (χ0v) is 17.7. The van der Waals surface area contributed by atoms with Crippen molar-refractivity contribution in [3.05, 3.63) is 58.9 Å². The van der Waals surface area contributed by atoms with Gasteiger partial charge in [0.05, 0.1) is 36.9 Å². The molecule has 2 heterocycles. The fraction of sp³-hybridized carbons (Fsp3) is 0.261. The average Bonchev–Trinajstić information content (AvgIpc) is 3.30. The molecule has 2 N–H and O–H groups in total. The van der Waals surface area contributed by atoms with Gasteiger partial charge in [-0.15, -0.1) is 0 Å². The first kappa shape index (κ1) is 20.5. The van der Waals surface area contributed by atoms with Crippen molar-refractivity contribution in [2.75, 3.05) is 19.1 Å². The summed E-state index contributed by atoms with van der Waals surface area (Å²) in [4.78, 5) is 34.8. The van der Waals surface area contributed by atoms with Crippen LogP contribution in [0.5, 0.6) is 11.5 Å². The molecule has 0 fully saturated rings. The second-order valence-electron chi connectivity index (χ2n) is 7.31. The number of ether oxygens (including phenoxy) is 2. The highest BCUT2D eigenvalue weighted by Gasteiger charge is 2.45. The predicted octanol–water partition coefficient (Wildman–Crippen LogP) is 3.77. The normalized spacial score (nSPS) is 16.3. The highest BCUT2D eigenvalue weighted by molar-refractivity contribution is 6.16. The monoisotopic (exact) mass is 421 g/mol. The fourth-order valence-corrected chi connectivity index (χ4v) is 3.86. The molecule has 4 rings (SSSR count). The van der Waals surface area contributed by atoms with Gasteiger partial charge in [0, 0.05) is 6.42 Å². The van der Waals surface area contributed by atoms with Gasteiger partial charge in [0.15, 0.2) is 23.0 Å². The molecule has 0 radical (unpaired) electrons. The van der Waals surface area contributed by atoms with E-state index >= 15 is 0 Å². The lowest BCUT2D eigenvalue weighted by Crippen LogP contribution is -2.32. The Hall–Kier alpha value is -3.81. The van der Waals surface area contributed by atoms with Crippen LogP contribution in [0.3, 0.4) is 0 Å². The number of amides is 1. The number of aryl methyl sites for hydroxylation is 1. The standard InChI is InChI=1S/C23H23N3O5/c1-5-16(27)19-20(13-7-9-17(30-3)18(11-13)31-4)26(22(29)21(19)28)23-24-14-8-6-12(2)10-15(14)25-23/h6-11,20,28H,5H2,1-4H3,(H,24,25). The van der Waals surface area contributed by atoms with Crippen LogP contribution >= 0.6 is 0 Å². The molecule has 1 aliphatic rings. The largest absolute Gasteiger partial charge is 0.503 e. The number of hydrogen-bond acceptors (Lipinski definition) is 6. The summed E-state index contributed by atoms with van der Waals surface area (Å²) in [6, 6.07) is 9.96. The molecule has 0 saturated heterocycles. The van der Waals surface area contributed by atoms with Crippen molar-refractivity contribution in [3.63, 3.8) is 0 Å². The number of aromatic amines is 1. The Labute approximate surface area is 179 Å². The molecule has 8 nitrogen and oxygen atoms in total. The number of anilines is 1. The zero-order chi connectivity index (χ0) is 22.3. The quantitative estimate of drug-likeness (QED) is 0.628. The van der Waals surface area contributed by atoms with Gasteiger partial charge < -0.3 is 19.6 Å². The lowest BCUT2D eigenvalue weighted by Gasteiger charge is -2.25. The van der Waals surface area contributed by atoms with Crippen LogP contribution in [0, 0.1) is 6.92 Å². The Morgan fingerprint density at radius 3 is 2.58 bits per heavy atom. The molecular weight excluding hydrogens is 398 g/mol. The molecule has 1 aromatic heterocycles. The van der Waals surface area contributed by atoms with Crippen LogP contribution < -0.4 is 14.4 Å². The Bertz CT molecular complexity index is 1230. The van der Waals surface area contributed by atoms with Crippen molar-refractivity contribution in [2.24, 2.45) is 0 Å². The summed E-state index contributed by atoms with van der Waals surface area (Å²) in [6.45, 7) is 3.64. The summed E-state index contributed by atoms with van der Waals surface area (Å²) in [5.41, 5.74) is 3.09. The van der Waals surface area contributed by atoms with Gasteiger partial charge >= 0.3 is 0 Å². The first-order valence-corrected chi connectivity index (χ1v) is 9.87. The molecule has 1 aliphatic heterocycles. The number of aliphatic hydroxyl groups is 1. The number of nitrogens with one attached hydrogen (secondary N) is 1. The Kier molecular flexibility index (Phi) is 5.14. The zero-order valence-electron chi connectivity index (χ0n) is 17.7. The third-order valence-corrected chi connectivity index (χ3v) is 5.41. The Balaban J connectivity index is 1.90. The van der Waals surface area contributed by atoms with E-state index in [1.165, 1.54) is 19.1 Å². The van der Waals surface area contributed by atoms with E-state index in [0.717, 1.165) is 11.1 Å². The lowest BCUT2D eigenvalue weighted by atomic mass is 9.95. The van der Waals surface area contributed by atoms with Gasteiger partial charge in [-0.3, -0.25) is 14.5 Å². The van der Waals surface area contributed by atoms with E-state index in [4.69, 9.17) is 9.47 Å². The van der Waals surface area contributed by atoms with Gasteiger partial charge in [-0.25, -0.2) is 4.98 Å². The third kappa shape index (κ3) is 3.30. The predicted molar refractivity (Wildman–Crippen MR) is 116 cm³/mol. The summed E-state index contributed by atoms with van der Waals surface area (Å²) in [5.74, 6) is -0.369. The molecule has 0 aliphatic carbocycles. The molecule has 2 aromatic carbocycles. The first-order chi connectivity index (χ1) is 14.9. The summed E-state index contributed by atoms with van der Waals surface area (Å²) in [5, 5.41) is 10.6. The van der Waals surface area contributed by atoms with E-state index in [2.05, 4.69) is 9.97 Å². The van der Waals surface area contributed by atoms with E-state index in [0.29, 0.717) is 22.6 Å². The number of hydrogen-bond donors (Lipinski definition) is 2. The van der Waals surface area contributed by atoms with Gasteiger partial charge in [0.1, 0.15) is 0 Å². The smallest absolute Gasteiger partial charge is 0.296 e. The van der Waals surface area contributed by atoms with Crippen LogP contribution in [0.1, 0.15) is 30.5 Å². The Morgan fingerprint density at radius 1 is 1.16 bits per heavy atom. The van der Waals surface area contributed by atoms with Crippen LogP contribution in [0.25, 0.3) is 11.0 Å². The topological polar surface area (TPSA) is 105 Å². The summed E-state index contributed by atoms with van der Waals surface area (Å²) in [6.07, 6.45) is 0.142. The molecular formula is C23H23N3O5. The highest BCUT2D eigenvalue weighted by Crippen LogP contribution is 2.43. The maximum atomic E-state index is 13.1. The van der Waals surface area contributed by atoms with Crippen molar-refractivity contribution in [1.82, 2.24) is 9.97 Å². The van der Waals surface area contributed by atoms with Crippen LogP contribution in [0.15, 0.2) is 47.7 Å². The molecule has 3 aromatic rings. The average molecular weight is 421 g/mol. The molecule has 31 heavy (non-hydrogen) atoms. The summed E-state index contributed by atoms with van der Waals surface area (Å²) < 4.78 is 10.7. The van der Waals surface area contributed by atoms with Gasteiger partial charge in [-0.2, -0.15) is 0 Å². The second kappa shape index (κ2) is 7.79. The van der Waals surface area contributed by atoms with Crippen molar-refractivity contribution in [1.29, 1.82) is 0 Å². The Morgan fingerprint density at radius 2 is 1.90 bits per heavy atom. The summed E-state index contributed by atoms with van der Waals surface area (Å²) in [7, 11) is 3.03. The van der Waals surface area contributed by atoms with Gasteiger partial charge in [0.2, 0.25) is 5.95 Å². The van der Waals surface area contributed by atoms with E-state index in [1.807, 2.05) is 25.1 Å². The second-order valence-corrected chi connectivity index (χ2v) is 7.31. The van der Waals surface area contributed by atoms with Gasteiger partial charge in [0.25, 0.3) is 5.91 Å². The molecule has 1 unspecified atom stereocenters. The number of aromatic nitrogens is 2. The summed E-state index contributed by atoms with van der Waals surface area (Å²) >= 11 is 0.